The quantitative estimate of drug-likeness (QED) is 0.810. The van der Waals surface area contributed by atoms with Crippen molar-refractivity contribution in [2.45, 2.75) is 32.7 Å². The molecule has 2 aromatic rings. The third-order valence-corrected chi connectivity index (χ3v) is 6.53. The maximum absolute atomic E-state index is 12.2. The number of piperazine rings is 1. The van der Waals surface area contributed by atoms with Crippen molar-refractivity contribution in [2.24, 2.45) is 0 Å². The number of ether oxygens (including phenoxy) is 1. The first-order valence-electron chi connectivity index (χ1n) is 10.9. The van der Waals surface area contributed by atoms with E-state index < -0.39 is 5.97 Å². The minimum atomic E-state index is -0.892. The zero-order valence-corrected chi connectivity index (χ0v) is 18.2. The number of rotatable bonds is 5. The highest BCUT2D eigenvalue weighted by Crippen LogP contribution is 2.34. The van der Waals surface area contributed by atoms with Gasteiger partial charge in [0.05, 0.1) is 11.1 Å². The van der Waals surface area contributed by atoms with Gasteiger partial charge in [-0.2, -0.15) is 0 Å². The van der Waals surface area contributed by atoms with Gasteiger partial charge in [-0.05, 0) is 57.5 Å². The molecule has 0 radical (unpaired) electrons. The Labute approximate surface area is 178 Å². The van der Waals surface area contributed by atoms with Gasteiger partial charge in [-0.1, -0.05) is 0 Å². The Morgan fingerprint density at radius 1 is 1.23 bits per heavy atom. The summed E-state index contributed by atoms with van der Waals surface area (Å²) in [4.78, 5) is 24.1. The Bertz CT molecular complexity index is 918. The molecule has 3 heterocycles. The molecule has 0 spiro atoms. The molecule has 0 unspecified atom stereocenters. The van der Waals surface area contributed by atoms with E-state index >= 15 is 0 Å². The summed E-state index contributed by atoms with van der Waals surface area (Å²) >= 11 is 0. The van der Waals surface area contributed by atoms with Crippen molar-refractivity contribution in [2.75, 3.05) is 62.8 Å². The van der Waals surface area contributed by atoms with Gasteiger partial charge in [-0.15, -0.1) is 0 Å². The largest absolute Gasteiger partial charge is 0.478 e. The number of likely N-dealkylation sites (N-methyl/N-ethyl adjacent to an activating group) is 1. The SMILES string of the molecule is CCN(c1cc2nc(N3CCN(C)CC3)ccc2c(C(=O)O)c1C)C1CCOCC1. The van der Waals surface area contributed by atoms with Crippen molar-refractivity contribution in [1.82, 2.24) is 9.88 Å². The number of nitrogens with zero attached hydrogens (tertiary/aromatic N) is 4. The molecule has 30 heavy (non-hydrogen) atoms. The molecule has 7 heteroatoms. The number of fused-ring (bicyclic) bond motifs is 1. The molecule has 1 aromatic carbocycles. The van der Waals surface area contributed by atoms with E-state index in [2.05, 4.69) is 34.7 Å². The first kappa shape index (κ1) is 20.9. The monoisotopic (exact) mass is 412 g/mol. The summed E-state index contributed by atoms with van der Waals surface area (Å²) in [6, 6.07) is 6.36. The molecule has 4 rings (SSSR count). The molecule has 0 atom stereocenters. The maximum Gasteiger partial charge on any atom is 0.336 e. The second-order valence-corrected chi connectivity index (χ2v) is 8.36. The summed E-state index contributed by atoms with van der Waals surface area (Å²) in [5.41, 5.74) is 2.93. The lowest BCUT2D eigenvalue weighted by Gasteiger charge is -2.37. The molecular formula is C23H32N4O3. The van der Waals surface area contributed by atoms with Crippen LogP contribution in [-0.4, -0.2) is 80.0 Å². The molecule has 2 aliphatic rings. The van der Waals surface area contributed by atoms with Crippen molar-refractivity contribution in [3.63, 3.8) is 0 Å². The van der Waals surface area contributed by atoms with Gasteiger partial charge < -0.3 is 24.5 Å². The minimum absolute atomic E-state index is 0.363. The fraction of sp³-hybridized carbons (Fsp3) is 0.565. The Kier molecular flexibility index (Phi) is 6.11. The highest BCUT2D eigenvalue weighted by Gasteiger charge is 2.26. The van der Waals surface area contributed by atoms with Crippen molar-refractivity contribution in [3.8, 4) is 0 Å². The highest BCUT2D eigenvalue weighted by atomic mass is 16.5. The number of anilines is 2. The van der Waals surface area contributed by atoms with Gasteiger partial charge in [0, 0.05) is 63.1 Å². The summed E-state index contributed by atoms with van der Waals surface area (Å²) < 4.78 is 5.54. The van der Waals surface area contributed by atoms with Gasteiger partial charge in [0.2, 0.25) is 0 Å². The summed E-state index contributed by atoms with van der Waals surface area (Å²) in [6.07, 6.45) is 1.92. The Morgan fingerprint density at radius 2 is 1.93 bits per heavy atom. The fourth-order valence-electron chi connectivity index (χ4n) is 4.76. The summed E-state index contributed by atoms with van der Waals surface area (Å²) in [5, 5.41) is 10.7. The van der Waals surface area contributed by atoms with Crippen molar-refractivity contribution in [1.29, 1.82) is 0 Å². The van der Waals surface area contributed by atoms with Crippen LogP contribution in [0, 0.1) is 6.92 Å². The number of aromatic nitrogens is 1. The smallest absolute Gasteiger partial charge is 0.336 e. The minimum Gasteiger partial charge on any atom is -0.478 e. The standard InChI is InChI=1S/C23H32N4O3/c1-4-27(17-7-13-30-14-8-17)20-15-19-18(22(16(20)2)23(28)29)5-6-21(24-19)26-11-9-25(3)10-12-26/h5-6,15,17H,4,7-14H2,1-3H3,(H,28,29). The maximum atomic E-state index is 12.2. The lowest BCUT2D eigenvalue weighted by molar-refractivity contribution is 0.0698. The van der Waals surface area contributed by atoms with E-state index in [1.165, 1.54) is 0 Å². The van der Waals surface area contributed by atoms with Crippen LogP contribution in [0.4, 0.5) is 11.5 Å². The topological polar surface area (TPSA) is 69.1 Å². The van der Waals surface area contributed by atoms with E-state index in [1.807, 2.05) is 19.1 Å². The van der Waals surface area contributed by atoms with E-state index in [9.17, 15) is 9.90 Å². The predicted molar refractivity (Wildman–Crippen MR) is 120 cm³/mol. The van der Waals surface area contributed by atoms with Gasteiger partial charge in [-0.3, -0.25) is 0 Å². The molecule has 2 saturated heterocycles. The predicted octanol–water partition coefficient (Wildman–Crippen LogP) is 3.00. The Hall–Kier alpha value is -2.38. The molecule has 1 aromatic heterocycles. The second-order valence-electron chi connectivity index (χ2n) is 8.36. The number of benzene rings is 1. The first-order valence-corrected chi connectivity index (χ1v) is 10.9. The van der Waals surface area contributed by atoms with Crippen molar-refractivity contribution >= 4 is 28.4 Å². The van der Waals surface area contributed by atoms with Gasteiger partial charge in [-0.25, -0.2) is 9.78 Å². The van der Waals surface area contributed by atoms with Gasteiger partial charge in [0.25, 0.3) is 0 Å². The van der Waals surface area contributed by atoms with Gasteiger partial charge >= 0.3 is 5.97 Å². The molecule has 162 valence electrons. The van der Waals surface area contributed by atoms with Crippen molar-refractivity contribution < 1.29 is 14.6 Å². The third-order valence-electron chi connectivity index (χ3n) is 6.53. The number of pyridine rings is 1. The zero-order valence-electron chi connectivity index (χ0n) is 18.2. The van der Waals surface area contributed by atoms with E-state index in [1.54, 1.807) is 0 Å². The van der Waals surface area contributed by atoms with Gasteiger partial charge in [0.15, 0.2) is 0 Å². The lowest BCUT2D eigenvalue weighted by atomic mass is 9.97. The molecule has 7 nitrogen and oxygen atoms in total. The summed E-state index contributed by atoms with van der Waals surface area (Å²) in [6.45, 7) is 10.3. The zero-order chi connectivity index (χ0) is 21.3. The molecular weight excluding hydrogens is 380 g/mol. The average molecular weight is 413 g/mol. The lowest BCUT2D eigenvalue weighted by Crippen LogP contribution is -2.44. The number of carboxylic acid groups (broad SMARTS) is 1. The number of carbonyl (C=O) groups is 1. The van der Waals surface area contributed by atoms with Crippen LogP contribution >= 0.6 is 0 Å². The fourth-order valence-corrected chi connectivity index (χ4v) is 4.76. The number of hydrogen-bond donors (Lipinski definition) is 1. The van der Waals surface area contributed by atoms with Crippen LogP contribution in [-0.2, 0) is 4.74 Å². The molecule has 1 N–H and O–H groups in total. The first-order chi connectivity index (χ1) is 14.5. The average Bonchev–Trinajstić information content (AvgIpc) is 2.75. The number of aromatic carboxylic acids is 1. The van der Waals surface area contributed by atoms with E-state index in [0.717, 1.165) is 81.4 Å². The Balaban J connectivity index is 1.79. The normalized spacial score (nSPS) is 18.7. The molecule has 0 bridgehead atoms. The number of carboxylic acids is 1. The van der Waals surface area contributed by atoms with E-state index in [-0.39, 0.29) is 0 Å². The van der Waals surface area contributed by atoms with Crippen LogP contribution in [0.25, 0.3) is 10.9 Å². The second kappa shape index (κ2) is 8.78. The van der Waals surface area contributed by atoms with E-state index in [0.29, 0.717) is 17.0 Å². The van der Waals surface area contributed by atoms with Gasteiger partial charge in [0.1, 0.15) is 5.82 Å². The number of hydrogen-bond acceptors (Lipinski definition) is 6. The Morgan fingerprint density at radius 3 is 2.57 bits per heavy atom. The van der Waals surface area contributed by atoms with Crippen LogP contribution < -0.4 is 9.80 Å². The molecule has 2 fully saturated rings. The van der Waals surface area contributed by atoms with Crippen LogP contribution in [0.3, 0.4) is 0 Å². The van der Waals surface area contributed by atoms with Crippen LogP contribution in [0.1, 0.15) is 35.7 Å². The molecule has 0 aliphatic carbocycles. The highest BCUT2D eigenvalue weighted by molar-refractivity contribution is 6.06. The summed E-state index contributed by atoms with van der Waals surface area (Å²) in [5.74, 6) is 0.0346. The van der Waals surface area contributed by atoms with Crippen LogP contribution in [0.2, 0.25) is 0 Å². The van der Waals surface area contributed by atoms with Crippen LogP contribution in [0.15, 0.2) is 18.2 Å². The van der Waals surface area contributed by atoms with Crippen molar-refractivity contribution in [3.05, 3.63) is 29.3 Å². The summed E-state index contributed by atoms with van der Waals surface area (Å²) in [7, 11) is 2.13. The molecule has 0 amide bonds. The third kappa shape index (κ3) is 3.96. The van der Waals surface area contributed by atoms with Crippen LogP contribution in [0.5, 0.6) is 0 Å². The molecule has 2 aliphatic heterocycles. The molecule has 0 saturated carbocycles. The van der Waals surface area contributed by atoms with E-state index in [4.69, 9.17) is 9.72 Å².